The van der Waals surface area contributed by atoms with Crippen molar-refractivity contribution in [2.24, 2.45) is 0 Å². The molecule has 0 aromatic rings. The lowest BCUT2D eigenvalue weighted by atomic mass is 10.3. The first-order valence-electron chi connectivity index (χ1n) is 7.39. The van der Waals surface area contributed by atoms with E-state index in [4.69, 9.17) is 30.3 Å². The normalized spacial score (nSPS) is 22.8. The molecule has 0 radical (unpaired) electrons. The van der Waals surface area contributed by atoms with Crippen LogP contribution in [0.5, 0.6) is 0 Å². The molecule has 0 aliphatic carbocycles. The minimum Gasteiger partial charge on any atom is -0.377 e. The van der Waals surface area contributed by atoms with Gasteiger partial charge in [0.05, 0.1) is 65.6 Å². The fourth-order valence-electron chi connectivity index (χ4n) is 1.68. The van der Waals surface area contributed by atoms with Gasteiger partial charge in [-0.2, -0.15) is 0 Å². The molecule has 1 unspecified atom stereocenters. The maximum atomic E-state index is 11.3. The van der Waals surface area contributed by atoms with Crippen LogP contribution < -0.4 is 5.32 Å². The lowest BCUT2D eigenvalue weighted by Gasteiger charge is -2.18. The maximum absolute atomic E-state index is 11.3. The van der Waals surface area contributed by atoms with Gasteiger partial charge in [-0.15, -0.1) is 0 Å². The summed E-state index contributed by atoms with van der Waals surface area (Å²) in [6.45, 7) is 9.54. The summed E-state index contributed by atoms with van der Waals surface area (Å²) in [5.74, 6) is -0.251. The smallest absolute Gasteiger partial charge is 0.339 e. The monoisotopic (exact) mass is 317 g/mol. The van der Waals surface area contributed by atoms with E-state index in [2.05, 4.69) is 10.2 Å². The van der Waals surface area contributed by atoms with Gasteiger partial charge in [0.2, 0.25) is 0 Å². The van der Waals surface area contributed by atoms with Gasteiger partial charge in [0, 0.05) is 6.54 Å². The minimum absolute atomic E-state index is 0.0650. The van der Waals surface area contributed by atoms with Gasteiger partial charge in [-0.05, 0) is 0 Å². The zero-order chi connectivity index (χ0) is 15.9. The molecule has 1 fully saturated rings. The third kappa shape index (κ3) is 10.5. The predicted molar refractivity (Wildman–Crippen MR) is 79.2 cm³/mol. The van der Waals surface area contributed by atoms with Gasteiger partial charge in [-0.1, -0.05) is 4.85 Å². The van der Waals surface area contributed by atoms with Crippen molar-refractivity contribution >= 4 is 5.91 Å². The summed E-state index contributed by atoms with van der Waals surface area (Å²) in [6.07, 6.45) is -0.258. The lowest BCUT2D eigenvalue weighted by molar-refractivity contribution is -0.120. The highest BCUT2D eigenvalue weighted by molar-refractivity contribution is 5.79. The molecule has 0 aromatic carbocycles. The second kappa shape index (κ2) is 13.4. The average Bonchev–Trinajstić information content (AvgIpc) is 2.52. The second-order valence-corrected chi connectivity index (χ2v) is 4.55. The Morgan fingerprint density at radius 1 is 0.955 bits per heavy atom. The number of ether oxygens (including phenoxy) is 5. The van der Waals surface area contributed by atoms with Gasteiger partial charge in [-0.25, -0.2) is 0 Å². The van der Waals surface area contributed by atoms with E-state index in [0.29, 0.717) is 66.0 Å². The van der Waals surface area contributed by atoms with Crippen LogP contribution in [-0.4, -0.2) is 84.6 Å². The highest BCUT2D eigenvalue weighted by Crippen LogP contribution is 1.95. The molecule has 0 spiro atoms. The first kappa shape index (κ1) is 18.8. The van der Waals surface area contributed by atoms with Gasteiger partial charge in [0.15, 0.2) is 0 Å². The van der Waals surface area contributed by atoms with Crippen LogP contribution in [-0.2, 0) is 28.5 Å². The van der Waals surface area contributed by atoms with Crippen LogP contribution in [0, 0.1) is 6.57 Å². The Morgan fingerprint density at radius 2 is 1.50 bits per heavy atom. The Balaban J connectivity index is 2.29. The van der Waals surface area contributed by atoms with Crippen LogP contribution in [0.4, 0.5) is 0 Å². The van der Waals surface area contributed by atoms with Gasteiger partial charge in [0.25, 0.3) is 6.57 Å². The number of hydrogen-bond acceptors (Lipinski definition) is 6. The summed E-state index contributed by atoms with van der Waals surface area (Å²) in [6, 6.07) is 0. The molecule has 8 heteroatoms. The second-order valence-electron chi connectivity index (χ2n) is 4.55. The number of hydrogen-bond donors (Lipinski definition) is 1. The first-order valence-corrected chi connectivity index (χ1v) is 7.39. The van der Waals surface area contributed by atoms with E-state index >= 15 is 0 Å². The van der Waals surface area contributed by atoms with E-state index in [-0.39, 0.29) is 18.6 Å². The zero-order valence-electron chi connectivity index (χ0n) is 12.8. The lowest BCUT2D eigenvalue weighted by Crippen LogP contribution is -2.38. The van der Waals surface area contributed by atoms with Crippen molar-refractivity contribution in [3.8, 4) is 6.57 Å². The molecular weight excluding hydrogens is 292 g/mol. The third-order valence-corrected chi connectivity index (χ3v) is 2.76. The number of carbonyl (C=O) groups is 1. The SMILES string of the molecule is C#[N+]CC(=O)NCC1COCCOCCOCCOCCO1. The molecule has 126 valence electrons. The van der Waals surface area contributed by atoms with E-state index in [1.165, 1.54) is 0 Å². The Morgan fingerprint density at radius 3 is 2.09 bits per heavy atom. The molecule has 1 saturated heterocycles. The van der Waals surface area contributed by atoms with E-state index in [1.807, 2.05) is 0 Å². The summed E-state index contributed by atoms with van der Waals surface area (Å²) >= 11 is 0. The zero-order valence-corrected chi connectivity index (χ0v) is 12.8. The van der Waals surface area contributed by atoms with Crippen LogP contribution in [0.1, 0.15) is 0 Å². The molecular formula is C14H25N2O6+. The highest BCUT2D eigenvalue weighted by Gasteiger charge is 2.13. The summed E-state index contributed by atoms with van der Waals surface area (Å²) in [5.41, 5.74) is 0. The van der Waals surface area contributed by atoms with Crippen molar-refractivity contribution in [1.29, 1.82) is 0 Å². The Labute approximate surface area is 130 Å². The molecule has 1 N–H and O–H groups in total. The van der Waals surface area contributed by atoms with E-state index < -0.39 is 0 Å². The molecule has 0 saturated carbocycles. The average molecular weight is 317 g/mol. The van der Waals surface area contributed by atoms with E-state index in [0.717, 1.165) is 0 Å². The van der Waals surface area contributed by atoms with Crippen molar-refractivity contribution in [2.45, 2.75) is 6.10 Å². The fourth-order valence-corrected chi connectivity index (χ4v) is 1.68. The standard InChI is InChI=1S/C14H24N2O6/c1-15-11-14(17)16-10-13-12-21-7-6-19-3-2-18-4-5-20-8-9-22-13/h1,13H,2-12H2/p+1. The van der Waals surface area contributed by atoms with Crippen molar-refractivity contribution < 1.29 is 28.5 Å². The Hall–Kier alpha value is -1.24. The van der Waals surface area contributed by atoms with Crippen molar-refractivity contribution in [1.82, 2.24) is 5.32 Å². The van der Waals surface area contributed by atoms with E-state index in [9.17, 15) is 4.79 Å². The number of amides is 1. The van der Waals surface area contributed by atoms with Crippen molar-refractivity contribution in [2.75, 3.05) is 72.6 Å². The molecule has 1 aliphatic rings. The molecule has 1 heterocycles. The van der Waals surface area contributed by atoms with Crippen LogP contribution in [0.2, 0.25) is 0 Å². The van der Waals surface area contributed by atoms with Crippen molar-refractivity contribution in [3.05, 3.63) is 4.85 Å². The summed E-state index contributed by atoms with van der Waals surface area (Å²) < 4.78 is 27.2. The predicted octanol–water partition coefficient (Wildman–Crippen LogP) is -0.469. The van der Waals surface area contributed by atoms with Crippen molar-refractivity contribution in [3.63, 3.8) is 0 Å². The minimum atomic E-state index is -0.258. The first-order chi connectivity index (χ1) is 10.8. The molecule has 1 atom stereocenters. The molecule has 1 aliphatic heterocycles. The number of nitrogens with one attached hydrogen (secondary N) is 1. The maximum Gasteiger partial charge on any atom is 0.339 e. The van der Waals surface area contributed by atoms with Crippen LogP contribution >= 0.6 is 0 Å². The van der Waals surface area contributed by atoms with Gasteiger partial charge < -0.3 is 29.0 Å². The highest BCUT2D eigenvalue weighted by atomic mass is 16.6. The summed E-state index contributed by atoms with van der Waals surface area (Å²) in [7, 11) is 0. The van der Waals surface area contributed by atoms with Gasteiger partial charge in [0.1, 0.15) is 0 Å². The van der Waals surface area contributed by atoms with Crippen LogP contribution in [0.3, 0.4) is 0 Å². The van der Waals surface area contributed by atoms with Gasteiger partial charge >= 0.3 is 12.5 Å². The largest absolute Gasteiger partial charge is 0.377 e. The van der Waals surface area contributed by atoms with Crippen LogP contribution in [0.25, 0.3) is 4.85 Å². The van der Waals surface area contributed by atoms with Crippen LogP contribution in [0.15, 0.2) is 0 Å². The molecule has 1 rings (SSSR count). The van der Waals surface area contributed by atoms with E-state index in [1.54, 1.807) is 0 Å². The molecule has 1 amide bonds. The quantitative estimate of drug-likeness (QED) is 0.758. The summed E-state index contributed by atoms with van der Waals surface area (Å²) in [4.78, 5) is 14.6. The summed E-state index contributed by atoms with van der Waals surface area (Å²) in [5, 5.41) is 2.69. The Kier molecular flexibility index (Phi) is 11.5. The topological polar surface area (TPSA) is 79.6 Å². The number of rotatable bonds is 3. The molecule has 8 nitrogen and oxygen atoms in total. The van der Waals surface area contributed by atoms with Gasteiger partial charge in [-0.3, -0.25) is 4.79 Å². The number of nitrogens with zero attached hydrogens (tertiary/aromatic N) is 1. The molecule has 0 aromatic heterocycles. The third-order valence-electron chi connectivity index (χ3n) is 2.76. The Bertz CT molecular complexity index is 318. The fraction of sp³-hybridized carbons (Fsp3) is 0.857. The molecule has 0 bridgehead atoms. The number of carbonyl (C=O) groups excluding carboxylic acids is 1. The molecule has 22 heavy (non-hydrogen) atoms.